The largest absolute Gasteiger partial charge is 0.486 e. The number of pyridine rings is 1. The molecule has 3 rings (SSSR count). The number of fused-ring (bicyclic) bond motifs is 1. The third-order valence-electron chi connectivity index (χ3n) is 4.57. The average Bonchev–Trinajstić information content (AvgIpc) is 2.75. The van der Waals surface area contributed by atoms with Gasteiger partial charge in [-0.05, 0) is 36.8 Å². The van der Waals surface area contributed by atoms with E-state index in [2.05, 4.69) is 17.2 Å². The number of halogens is 1. The van der Waals surface area contributed by atoms with Crippen molar-refractivity contribution in [2.75, 3.05) is 6.61 Å². The summed E-state index contributed by atoms with van der Waals surface area (Å²) >= 11 is 0. The summed E-state index contributed by atoms with van der Waals surface area (Å²) in [6.07, 6.45) is 8.93. The van der Waals surface area contributed by atoms with Crippen LogP contribution in [-0.4, -0.2) is 17.5 Å². The fourth-order valence-corrected chi connectivity index (χ4v) is 2.94. The standard InChI is InChI=1S/C24H25FN2O2/c1-2-3-4-5-6-15-29-22-11-7-9-20(23(22)25)17-27-24(28)19-12-13-21-18(16-19)10-8-14-26-21/h5-14,16H,2-4,15,17H2,1H3,(H,27,28). The van der Waals surface area contributed by atoms with Gasteiger partial charge in [-0.2, -0.15) is 0 Å². The van der Waals surface area contributed by atoms with Crippen LogP contribution in [0.4, 0.5) is 4.39 Å². The van der Waals surface area contributed by atoms with Crippen molar-refractivity contribution in [1.29, 1.82) is 0 Å². The van der Waals surface area contributed by atoms with Crippen molar-refractivity contribution < 1.29 is 13.9 Å². The first-order chi connectivity index (χ1) is 14.2. The zero-order valence-corrected chi connectivity index (χ0v) is 16.5. The molecule has 1 amide bonds. The zero-order valence-electron chi connectivity index (χ0n) is 16.5. The minimum atomic E-state index is -0.447. The quantitative estimate of drug-likeness (QED) is 0.390. The number of nitrogens with one attached hydrogen (secondary N) is 1. The Morgan fingerprint density at radius 1 is 1.17 bits per heavy atom. The first-order valence-corrected chi connectivity index (χ1v) is 9.87. The van der Waals surface area contributed by atoms with E-state index < -0.39 is 5.82 Å². The molecule has 0 fully saturated rings. The molecule has 0 radical (unpaired) electrons. The van der Waals surface area contributed by atoms with Gasteiger partial charge in [0, 0.05) is 29.3 Å². The van der Waals surface area contributed by atoms with E-state index in [4.69, 9.17) is 4.74 Å². The van der Waals surface area contributed by atoms with Crippen LogP contribution in [0.5, 0.6) is 5.75 Å². The molecule has 150 valence electrons. The summed E-state index contributed by atoms with van der Waals surface area (Å²) < 4.78 is 20.2. The van der Waals surface area contributed by atoms with Crippen LogP contribution in [-0.2, 0) is 6.54 Å². The van der Waals surface area contributed by atoms with Gasteiger partial charge in [-0.3, -0.25) is 9.78 Å². The van der Waals surface area contributed by atoms with E-state index in [1.807, 2.05) is 24.3 Å². The lowest BCUT2D eigenvalue weighted by atomic mass is 10.1. The number of hydrogen-bond acceptors (Lipinski definition) is 3. The number of carbonyl (C=O) groups excluding carboxylic acids is 1. The normalized spacial score (nSPS) is 11.1. The van der Waals surface area contributed by atoms with Crippen molar-refractivity contribution in [3.8, 4) is 5.75 Å². The number of allylic oxidation sites excluding steroid dienone is 1. The second kappa shape index (κ2) is 10.4. The van der Waals surface area contributed by atoms with Crippen LogP contribution in [0.2, 0.25) is 0 Å². The summed E-state index contributed by atoms with van der Waals surface area (Å²) in [5, 5.41) is 3.65. The Hall–Kier alpha value is -3.21. The Morgan fingerprint density at radius 2 is 2.07 bits per heavy atom. The lowest BCUT2D eigenvalue weighted by Gasteiger charge is -2.10. The van der Waals surface area contributed by atoms with E-state index in [1.54, 1.807) is 42.6 Å². The van der Waals surface area contributed by atoms with Gasteiger partial charge in [0.1, 0.15) is 6.61 Å². The molecule has 0 aliphatic heterocycles. The van der Waals surface area contributed by atoms with Gasteiger partial charge in [-0.1, -0.05) is 50.1 Å². The third kappa shape index (κ3) is 5.64. The first kappa shape index (κ1) is 20.5. The topological polar surface area (TPSA) is 51.2 Å². The molecule has 0 spiro atoms. The van der Waals surface area contributed by atoms with Crippen LogP contribution < -0.4 is 10.1 Å². The third-order valence-corrected chi connectivity index (χ3v) is 4.57. The van der Waals surface area contributed by atoms with Gasteiger partial charge in [0.25, 0.3) is 5.91 Å². The SMILES string of the molecule is CCCCC=CCOc1cccc(CNC(=O)c2ccc3ncccc3c2)c1F. The second-order valence-corrected chi connectivity index (χ2v) is 6.75. The highest BCUT2D eigenvalue weighted by Crippen LogP contribution is 2.21. The Bertz CT molecular complexity index is 1000. The van der Waals surface area contributed by atoms with Gasteiger partial charge in [-0.15, -0.1) is 0 Å². The monoisotopic (exact) mass is 392 g/mol. The summed E-state index contributed by atoms with van der Waals surface area (Å²) in [4.78, 5) is 16.7. The highest BCUT2D eigenvalue weighted by atomic mass is 19.1. The molecule has 4 nitrogen and oxygen atoms in total. The molecule has 0 bridgehead atoms. The first-order valence-electron chi connectivity index (χ1n) is 9.87. The molecule has 0 aliphatic rings. The number of carbonyl (C=O) groups is 1. The van der Waals surface area contributed by atoms with Gasteiger partial charge >= 0.3 is 0 Å². The summed E-state index contributed by atoms with van der Waals surface area (Å²) in [5.41, 5.74) is 1.72. The lowest BCUT2D eigenvalue weighted by molar-refractivity contribution is 0.0950. The molecular weight excluding hydrogens is 367 g/mol. The fourth-order valence-electron chi connectivity index (χ4n) is 2.94. The number of amides is 1. The number of rotatable bonds is 9. The van der Waals surface area contributed by atoms with Crippen molar-refractivity contribution in [1.82, 2.24) is 10.3 Å². The highest BCUT2D eigenvalue weighted by molar-refractivity contribution is 5.97. The smallest absolute Gasteiger partial charge is 0.251 e. The van der Waals surface area contributed by atoms with Crippen LogP contribution in [0, 0.1) is 5.82 Å². The number of nitrogens with zero attached hydrogens (tertiary/aromatic N) is 1. The van der Waals surface area contributed by atoms with E-state index in [0.29, 0.717) is 17.7 Å². The second-order valence-electron chi connectivity index (χ2n) is 6.75. The van der Waals surface area contributed by atoms with Gasteiger partial charge in [0.05, 0.1) is 5.52 Å². The van der Waals surface area contributed by atoms with Crippen LogP contribution in [0.25, 0.3) is 10.9 Å². The molecule has 0 saturated heterocycles. The average molecular weight is 392 g/mol. The van der Waals surface area contributed by atoms with Crippen molar-refractivity contribution in [2.24, 2.45) is 0 Å². The fraction of sp³-hybridized carbons (Fsp3) is 0.250. The maximum absolute atomic E-state index is 14.7. The van der Waals surface area contributed by atoms with Crippen molar-refractivity contribution >= 4 is 16.8 Å². The van der Waals surface area contributed by atoms with E-state index in [0.717, 1.165) is 30.2 Å². The van der Waals surface area contributed by atoms with Gasteiger partial charge in [0.2, 0.25) is 0 Å². The van der Waals surface area contributed by atoms with E-state index in [-0.39, 0.29) is 18.2 Å². The molecule has 2 aromatic carbocycles. The molecule has 29 heavy (non-hydrogen) atoms. The predicted octanol–water partition coefficient (Wildman–Crippen LogP) is 5.43. The van der Waals surface area contributed by atoms with Crippen LogP contribution >= 0.6 is 0 Å². The number of benzene rings is 2. The number of hydrogen-bond donors (Lipinski definition) is 1. The summed E-state index contributed by atoms with van der Waals surface area (Å²) in [5.74, 6) is -0.522. The van der Waals surface area contributed by atoms with Crippen LogP contribution in [0.3, 0.4) is 0 Å². The molecule has 0 saturated carbocycles. The Kier molecular flexibility index (Phi) is 7.34. The Morgan fingerprint density at radius 3 is 2.93 bits per heavy atom. The Labute approximate surface area is 170 Å². The van der Waals surface area contributed by atoms with E-state index >= 15 is 0 Å². The number of aromatic nitrogens is 1. The molecular formula is C24H25FN2O2. The zero-order chi connectivity index (χ0) is 20.5. The molecule has 3 aromatic rings. The molecule has 0 aliphatic carbocycles. The molecule has 0 atom stereocenters. The van der Waals surface area contributed by atoms with Crippen molar-refractivity contribution in [3.05, 3.63) is 83.8 Å². The summed E-state index contributed by atoms with van der Waals surface area (Å²) in [6, 6.07) is 14.0. The molecule has 1 N–H and O–H groups in total. The van der Waals surface area contributed by atoms with Crippen LogP contribution in [0.15, 0.2) is 66.9 Å². The van der Waals surface area contributed by atoms with Gasteiger partial charge < -0.3 is 10.1 Å². The lowest BCUT2D eigenvalue weighted by Crippen LogP contribution is -2.23. The highest BCUT2D eigenvalue weighted by Gasteiger charge is 2.11. The van der Waals surface area contributed by atoms with E-state index in [1.165, 1.54) is 0 Å². The van der Waals surface area contributed by atoms with Crippen molar-refractivity contribution in [2.45, 2.75) is 32.7 Å². The maximum atomic E-state index is 14.7. The predicted molar refractivity (Wildman–Crippen MR) is 113 cm³/mol. The minimum Gasteiger partial charge on any atom is -0.486 e. The molecule has 0 unspecified atom stereocenters. The Balaban J connectivity index is 1.59. The van der Waals surface area contributed by atoms with E-state index in [9.17, 15) is 9.18 Å². The summed E-state index contributed by atoms with van der Waals surface area (Å²) in [7, 11) is 0. The molecule has 1 heterocycles. The molecule has 5 heteroatoms. The summed E-state index contributed by atoms with van der Waals surface area (Å²) in [6.45, 7) is 2.54. The number of unbranched alkanes of at least 4 members (excludes halogenated alkanes) is 2. The van der Waals surface area contributed by atoms with Gasteiger partial charge in [0.15, 0.2) is 11.6 Å². The maximum Gasteiger partial charge on any atom is 0.251 e. The number of ether oxygens (including phenoxy) is 1. The molecule has 1 aromatic heterocycles. The minimum absolute atomic E-state index is 0.0826. The van der Waals surface area contributed by atoms with Crippen molar-refractivity contribution in [3.63, 3.8) is 0 Å². The van der Waals surface area contributed by atoms with Crippen LogP contribution in [0.1, 0.15) is 42.1 Å². The van der Waals surface area contributed by atoms with Gasteiger partial charge in [-0.25, -0.2) is 4.39 Å².